The van der Waals surface area contributed by atoms with Crippen molar-refractivity contribution in [2.24, 2.45) is 0 Å². The lowest BCUT2D eigenvalue weighted by molar-refractivity contribution is 0.0256. The lowest BCUT2D eigenvalue weighted by Gasteiger charge is -2.26. The summed E-state index contributed by atoms with van der Waals surface area (Å²) in [6.07, 6.45) is 4.37. The molecule has 4 aromatic heterocycles. The second-order valence-electron chi connectivity index (χ2n) is 9.78. The molecular weight excluding hydrogens is 506 g/mol. The van der Waals surface area contributed by atoms with Gasteiger partial charge in [-0.1, -0.05) is 19.9 Å². The number of hydrogen-bond acceptors (Lipinski definition) is 7. The first kappa shape index (κ1) is 26.4. The van der Waals surface area contributed by atoms with Gasteiger partial charge >= 0.3 is 0 Å². The van der Waals surface area contributed by atoms with Gasteiger partial charge in [0.15, 0.2) is 11.4 Å². The van der Waals surface area contributed by atoms with E-state index in [0.717, 1.165) is 30.1 Å². The Morgan fingerprint density at radius 3 is 2.68 bits per heavy atom. The molecule has 0 aliphatic carbocycles. The van der Waals surface area contributed by atoms with E-state index in [-0.39, 0.29) is 24.8 Å². The van der Waals surface area contributed by atoms with Crippen LogP contribution in [0.15, 0.2) is 48.1 Å². The minimum atomic E-state index is -2.78. The summed E-state index contributed by atoms with van der Waals surface area (Å²) < 4.78 is 29.8. The third kappa shape index (κ3) is 5.47. The Morgan fingerprint density at radius 1 is 1.18 bits per heavy atom. The quantitative estimate of drug-likeness (QED) is 0.229. The van der Waals surface area contributed by atoms with Crippen LogP contribution in [0.1, 0.15) is 50.4 Å². The summed E-state index contributed by atoms with van der Waals surface area (Å²) in [4.78, 5) is 27.9. The Morgan fingerprint density at radius 2 is 2.00 bits per heavy atom. The van der Waals surface area contributed by atoms with E-state index in [1.165, 1.54) is 0 Å². The summed E-state index contributed by atoms with van der Waals surface area (Å²) >= 11 is 1.59. The normalized spacial score (nSPS) is 16.0. The molecule has 5 rings (SSSR count). The molecule has 0 bridgehead atoms. The van der Waals surface area contributed by atoms with Crippen molar-refractivity contribution < 1.29 is 13.6 Å². The molecule has 1 fully saturated rings. The molecule has 10 heteroatoms. The van der Waals surface area contributed by atoms with Crippen LogP contribution in [0.4, 0.5) is 14.6 Å². The lowest BCUT2D eigenvalue weighted by atomic mass is 10.0. The molecule has 0 N–H and O–H groups in total. The maximum Gasteiger partial charge on any atom is 0.266 e. The molecule has 4 aromatic rings. The average Bonchev–Trinajstić information content (AvgIpc) is 3.67. The van der Waals surface area contributed by atoms with Crippen LogP contribution in [0.5, 0.6) is 0 Å². The van der Waals surface area contributed by atoms with Gasteiger partial charge in [-0.2, -0.15) is 5.10 Å². The van der Waals surface area contributed by atoms with Crippen LogP contribution in [0.25, 0.3) is 27.5 Å². The topological polar surface area (TPSA) is 66.6 Å². The zero-order valence-electron chi connectivity index (χ0n) is 21.9. The highest BCUT2D eigenvalue weighted by molar-refractivity contribution is 7.13. The third-order valence-electron chi connectivity index (χ3n) is 7.27. The van der Waals surface area contributed by atoms with E-state index < -0.39 is 12.5 Å². The fraction of sp³-hybridized carbons (Fsp3) is 0.429. The number of fused-ring (bicyclic) bond motifs is 1. The van der Waals surface area contributed by atoms with Crippen molar-refractivity contribution in [3.05, 3.63) is 53.7 Å². The van der Waals surface area contributed by atoms with Gasteiger partial charge in [0.25, 0.3) is 5.92 Å². The number of rotatable bonds is 10. The lowest BCUT2D eigenvalue weighted by Crippen LogP contribution is -2.33. The molecule has 0 saturated carbocycles. The third-order valence-corrected chi connectivity index (χ3v) is 8.16. The van der Waals surface area contributed by atoms with Crippen LogP contribution >= 0.6 is 11.3 Å². The minimum Gasteiger partial charge on any atom is -0.350 e. The summed E-state index contributed by atoms with van der Waals surface area (Å²) in [6, 6.07) is 9.55. The number of thiophene rings is 1. The van der Waals surface area contributed by atoms with Crippen LogP contribution in [0, 0.1) is 0 Å². The van der Waals surface area contributed by atoms with Crippen molar-refractivity contribution in [3.63, 3.8) is 0 Å². The highest BCUT2D eigenvalue weighted by atomic mass is 32.1. The van der Waals surface area contributed by atoms with Crippen LogP contribution < -0.4 is 4.90 Å². The van der Waals surface area contributed by atoms with E-state index in [9.17, 15) is 13.6 Å². The SMILES string of the molecule is CCN(CC)[C@@H](C)CCC(=O)c1cc(-c2cnn3ccc(-c4cccs4)nc23)nc(N2CCC(F)(F)C2)c1. The Hall–Kier alpha value is -3.24. The predicted molar refractivity (Wildman–Crippen MR) is 147 cm³/mol. The van der Waals surface area contributed by atoms with Crippen LogP contribution in [0.3, 0.4) is 0 Å². The van der Waals surface area contributed by atoms with E-state index >= 15 is 0 Å². The van der Waals surface area contributed by atoms with E-state index in [1.807, 2.05) is 29.8 Å². The van der Waals surface area contributed by atoms with Gasteiger partial charge in [0.2, 0.25) is 0 Å². The summed E-state index contributed by atoms with van der Waals surface area (Å²) in [5.74, 6) is -2.42. The number of nitrogens with zero attached hydrogens (tertiary/aromatic N) is 6. The van der Waals surface area contributed by atoms with Crippen molar-refractivity contribution in [2.75, 3.05) is 31.1 Å². The van der Waals surface area contributed by atoms with Gasteiger partial charge in [0.05, 0.1) is 34.6 Å². The number of Topliss-reactive ketones (excluding diaryl/α,β-unsaturated/α-hetero) is 1. The monoisotopic (exact) mass is 538 g/mol. The first-order chi connectivity index (χ1) is 18.3. The Balaban J connectivity index is 1.52. The molecule has 0 unspecified atom stereocenters. The first-order valence-corrected chi connectivity index (χ1v) is 14.0. The number of ketones is 1. The number of anilines is 1. The zero-order valence-corrected chi connectivity index (χ0v) is 22.7. The maximum atomic E-state index is 14.1. The molecule has 7 nitrogen and oxygen atoms in total. The van der Waals surface area contributed by atoms with Crippen molar-refractivity contribution in [1.29, 1.82) is 0 Å². The van der Waals surface area contributed by atoms with Gasteiger partial charge in [-0.15, -0.1) is 11.3 Å². The molecule has 1 aliphatic heterocycles. The molecule has 1 aliphatic rings. The molecule has 1 saturated heterocycles. The van der Waals surface area contributed by atoms with E-state index in [4.69, 9.17) is 9.97 Å². The average molecular weight is 539 g/mol. The number of pyridine rings is 1. The van der Waals surface area contributed by atoms with Crippen LogP contribution in [0.2, 0.25) is 0 Å². The van der Waals surface area contributed by atoms with Gasteiger partial charge in [-0.25, -0.2) is 23.3 Å². The highest BCUT2D eigenvalue weighted by Gasteiger charge is 2.39. The van der Waals surface area contributed by atoms with E-state index in [1.54, 1.807) is 39.1 Å². The summed E-state index contributed by atoms with van der Waals surface area (Å²) in [5, 5.41) is 6.43. The standard InChI is InChI=1S/C28H32F2N6OS/c1-4-34(5-2)19(3)8-9-24(37)20-15-23(32-26(16-20)35-13-11-28(29,30)18-35)21-17-31-36-12-10-22(33-27(21)36)25-7-6-14-38-25/h6-7,10,12,14-17,19H,4-5,8-9,11,13,18H2,1-3H3/t19-/m0/s1. The molecule has 200 valence electrons. The smallest absolute Gasteiger partial charge is 0.266 e. The second-order valence-corrected chi connectivity index (χ2v) is 10.7. The number of aromatic nitrogens is 4. The zero-order chi connectivity index (χ0) is 26.9. The van der Waals surface area contributed by atoms with Gasteiger partial charge < -0.3 is 9.80 Å². The van der Waals surface area contributed by atoms with Crippen LogP contribution in [-0.2, 0) is 0 Å². The van der Waals surface area contributed by atoms with Crippen molar-refractivity contribution in [2.45, 2.75) is 52.0 Å². The number of alkyl halides is 2. The summed E-state index contributed by atoms with van der Waals surface area (Å²) in [6.45, 7) is 7.98. The molecule has 1 atom stereocenters. The molecular formula is C28H32F2N6OS. The largest absolute Gasteiger partial charge is 0.350 e. The molecule has 5 heterocycles. The van der Waals surface area contributed by atoms with E-state index in [0.29, 0.717) is 34.7 Å². The fourth-order valence-electron chi connectivity index (χ4n) is 5.03. The Kier molecular flexibility index (Phi) is 7.54. The summed E-state index contributed by atoms with van der Waals surface area (Å²) in [5.41, 5.74) is 3.04. The minimum absolute atomic E-state index is 0.0245. The number of hydrogen-bond donors (Lipinski definition) is 0. The Bertz CT molecular complexity index is 1420. The van der Waals surface area contributed by atoms with E-state index in [2.05, 4.69) is 30.8 Å². The summed E-state index contributed by atoms with van der Waals surface area (Å²) in [7, 11) is 0. The van der Waals surface area contributed by atoms with Crippen molar-refractivity contribution >= 4 is 28.6 Å². The highest BCUT2D eigenvalue weighted by Crippen LogP contribution is 2.33. The number of carbonyl (C=O) groups is 1. The maximum absolute atomic E-state index is 14.1. The predicted octanol–water partition coefficient (Wildman–Crippen LogP) is 6.06. The van der Waals surface area contributed by atoms with Crippen LogP contribution in [-0.4, -0.2) is 68.4 Å². The van der Waals surface area contributed by atoms with Crippen molar-refractivity contribution in [1.82, 2.24) is 24.5 Å². The molecule has 0 spiro atoms. The Labute approximate surface area is 225 Å². The second kappa shape index (κ2) is 10.9. The molecule has 38 heavy (non-hydrogen) atoms. The van der Waals surface area contributed by atoms with Gasteiger partial charge in [0.1, 0.15) is 5.82 Å². The number of halogens is 2. The van der Waals surface area contributed by atoms with Gasteiger partial charge in [-0.3, -0.25) is 4.79 Å². The molecule has 0 amide bonds. The fourth-order valence-corrected chi connectivity index (χ4v) is 5.73. The molecule has 0 radical (unpaired) electrons. The number of carbonyl (C=O) groups excluding carboxylic acids is 1. The van der Waals surface area contributed by atoms with Gasteiger partial charge in [0, 0.05) is 37.2 Å². The van der Waals surface area contributed by atoms with Crippen molar-refractivity contribution in [3.8, 4) is 21.8 Å². The first-order valence-electron chi connectivity index (χ1n) is 13.1. The molecule has 0 aromatic carbocycles. The van der Waals surface area contributed by atoms with Gasteiger partial charge in [-0.05, 0) is 56.1 Å².